The topological polar surface area (TPSA) is 45.9 Å². The highest BCUT2D eigenvalue weighted by molar-refractivity contribution is 5.83. The highest BCUT2D eigenvalue weighted by Crippen LogP contribution is 2.40. The number of carbonyl (C=O) groups is 1. The molecule has 31 heavy (non-hydrogen) atoms. The summed E-state index contributed by atoms with van der Waals surface area (Å²) in [5.41, 5.74) is 3.09. The number of nitrogens with zero attached hydrogens (tertiary/aromatic N) is 2. The Morgan fingerprint density at radius 1 is 1.10 bits per heavy atom. The van der Waals surface area contributed by atoms with Crippen LogP contribution in [0.2, 0.25) is 0 Å². The van der Waals surface area contributed by atoms with Gasteiger partial charge in [-0.25, -0.2) is 0 Å². The van der Waals surface area contributed by atoms with E-state index in [1.54, 1.807) is 0 Å². The maximum atomic E-state index is 11.8. The fraction of sp³-hybridized carbons (Fsp3) is 0.423. The molecule has 1 aliphatic rings. The van der Waals surface area contributed by atoms with Gasteiger partial charge < -0.3 is 14.1 Å². The highest BCUT2D eigenvalue weighted by Gasteiger charge is 2.32. The number of aldehydes is 1. The minimum absolute atomic E-state index is 0.476. The van der Waals surface area contributed by atoms with E-state index >= 15 is 0 Å². The Morgan fingerprint density at radius 3 is 2.55 bits per heavy atom. The molecule has 2 heterocycles. The summed E-state index contributed by atoms with van der Waals surface area (Å²) in [7, 11) is 2.16. The number of likely N-dealkylation sites (N-methyl/N-ethyl adjacent to an activating group) is 1. The average molecular weight is 421 g/mol. The first kappa shape index (κ1) is 21.6. The molecule has 0 N–H and O–H groups in total. The van der Waals surface area contributed by atoms with Gasteiger partial charge in [-0.2, -0.15) is 0 Å². The van der Waals surface area contributed by atoms with Crippen molar-refractivity contribution in [3.8, 4) is 5.75 Å². The van der Waals surface area contributed by atoms with Gasteiger partial charge in [0.2, 0.25) is 0 Å². The minimum Gasteiger partial charge on any atom is -0.492 e. The van der Waals surface area contributed by atoms with Crippen molar-refractivity contribution in [2.75, 3.05) is 46.4 Å². The Kier molecular flexibility index (Phi) is 6.17. The Hall–Kier alpha value is -2.63. The van der Waals surface area contributed by atoms with E-state index in [0.717, 1.165) is 72.6 Å². The third-order valence-electron chi connectivity index (χ3n) is 6.51. The van der Waals surface area contributed by atoms with E-state index < -0.39 is 5.41 Å². The lowest BCUT2D eigenvalue weighted by molar-refractivity contribution is 0.112. The van der Waals surface area contributed by atoms with E-state index in [-0.39, 0.29) is 0 Å². The Morgan fingerprint density at radius 2 is 1.84 bits per heavy atom. The first-order valence-corrected chi connectivity index (χ1v) is 11.0. The Balaban J connectivity index is 1.56. The van der Waals surface area contributed by atoms with Crippen molar-refractivity contribution in [3.05, 3.63) is 64.9 Å². The molecule has 1 aliphatic heterocycles. The lowest BCUT2D eigenvalue weighted by atomic mass is 9.78. The molecule has 0 saturated carbocycles. The van der Waals surface area contributed by atoms with E-state index in [9.17, 15) is 4.79 Å². The molecule has 0 atom stereocenters. The number of fused-ring (bicyclic) bond motifs is 1. The molecule has 164 valence electrons. The zero-order valence-electron chi connectivity index (χ0n) is 19.0. The molecule has 5 nitrogen and oxygen atoms in total. The summed E-state index contributed by atoms with van der Waals surface area (Å²) in [6.07, 6.45) is 0.920. The summed E-state index contributed by atoms with van der Waals surface area (Å²) in [5, 5.41) is 1.11. The van der Waals surface area contributed by atoms with Gasteiger partial charge >= 0.3 is 0 Å². The molecule has 1 saturated heterocycles. The van der Waals surface area contributed by atoms with Gasteiger partial charge in [0.1, 0.15) is 30.0 Å². The predicted molar refractivity (Wildman–Crippen MR) is 124 cm³/mol. The largest absolute Gasteiger partial charge is 0.492 e. The first-order chi connectivity index (χ1) is 14.9. The molecule has 2 aromatic carbocycles. The van der Waals surface area contributed by atoms with Crippen LogP contribution in [0.5, 0.6) is 5.75 Å². The second kappa shape index (κ2) is 8.85. The van der Waals surface area contributed by atoms with Gasteiger partial charge in [0.25, 0.3) is 0 Å². The van der Waals surface area contributed by atoms with Crippen molar-refractivity contribution in [2.45, 2.75) is 26.2 Å². The van der Waals surface area contributed by atoms with Crippen LogP contribution in [0.15, 0.2) is 46.9 Å². The molecule has 0 bridgehead atoms. The number of piperazine rings is 1. The monoisotopic (exact) mass is 420 g/mol. The number of aryl methyl sites for hydroxylation is 1. The normalized spacial score (nSPS) is 16.0. The fourth-order valence-corrected chi connectivity index (χ4v) is 4.53. The van der Waals surface area contributed by atoms with E-state index in [0.29, 0.717) is 12.2 Å². The molecular weight excluding hydrogens is 388 g/mol. The Labute approximate surface area is 184 Å². The highest BCUT2D eigenvalue weighted by atomic mass is 16.5. The molecule has 0 amide bonds. The molecule has 3 aromatic rings. The van der Waals surface area contributed by atoms with Gasteiger partial charge in [-0.05, 0) is 63.2 Å². The molecule has 0 spiro atoms. The zero-order chi connectivity index (χ0) is 22.0. The molecule has 4 rings (SSSR count). The van der Waals surface area contributed by atoms with E-state index in [1.165, 1.54) is 0 Å². The number of rotatable bonds is 7. The molecule has 0 aliphatic carbocycles. The van der Waals surface area contributed by atoms with Crippen molar-refractivity contribution < 1.29 is 13.9 Å². The maximum absolute atomic E-state index is 11.8. The van der Waals surface area contributed by atoms with Crippen LogP contribution in [0.1, 0.15) is 41.1 Å². The summed E-state index contributed by atoms with van der Waals surface area (Å²) >= 11 is 0. The average Bonchev–Trinajstić information content (AvgIpc) is 3.12. The van der Waals surface area contributed by atoms with Crippen molar-refractivity contribution in [2.24, 2.45) is 0 Å². The SMILES string of the molecule is Cc1c(C(C)(C)c2cc(OCCN3CCN(C)CC3)ccc2C=O)oc2ccccc12. The summed E-state index contributed by atoms with van der Waals surface area (Å²) in [6, 6.07) is 13.8. The molecule has 1 fully saturated rings. The van der Waals surface area contributed by atoms with Gasteiger partial charge in [-0.1, -0.05) is 18.2 Å². The Bertz CT molecular complexity index is 1060. The van der Waals surface area contributed by atoms with Gasteiger partial charge in [0.15, 0.2) is 0 Å². The van der Waals surface area contributed by atoms with Crippen LogP contribution in [-0.2, 0) is 5.41 Å². The quantitative estimate of drug-likeness (QED) is 0.527. The van der Waals surface area contributed by atoms with Crippen LogP contribution >= 0.6 is 0 Å². The van der Waals surface area contributed by atoms with Crippen LogP contribution in [0.3, 0.4) is 0 Å². The van der Waals surface area contributed by atoms with Crippen LogP contribution < -0.4 is 4.74 Å². The smallest absolute Gasteiger partial charge is 0.150 e. The van der Waals surface area contributed by atoms with Crippen LogP contribution in [0.4, 0.5) is 0 Å². The number of carbonyl (C=O) groups excluding carboxylic acids is 1. The minimum atomic E-state index is -0.476. The first-order valence-electron chi connectivity index (χ1n) is 11.0. The number of para-hydroxylation sites is 1. The second-order valence-electron chi connectivity index (χ2n) is 9.04. The number of benzene rings is 2. The number of ether oxygens (including phenoxy) is 1. The molecule has 1 aromatic heterocycles. The fourth-order valence-electron chi connectivity index (χ4n) is 4.53. The van der Waals surface area contributed by atoms with Gasteiger partial charge in [-0.3, -0.25) is 9.69 Å². The molecular formula is C26H32N2O3. The number of hydrogen-bond acceptors (Lipinski definition) is 5. The van der Waals surface area contributed by atoms with Crippen LogP contribution in [0.25, 0.3) is 11.0 Å². The zero-order valence-corrected chi connectivity index (χ0v) is 19.0. The number of hydrogen-bond donors (Lipinski definition) is 0. The lowest BCUT2D eigenvalue weighted by Gasteiger charge is -2.32. The van der Waals surface area contributed by atoms with Crippen molar-refractivity contribution >= 4 is 17.3 Å². The van der Waals surface area contributed by atoms with Gasteiger partial charge in [-0.15, -0.1) is 0 Å². The summed E-state index contributed by atoms with van der Waals surface area (Å²) in [4.78, 5) is 16.6. The second-order valence-corrected chi connectivity index (χ2v) is 9.04. The van der Waals surface area contributed by atoms with Crippen molar-refractivity contribution in [1.29, 1.82) is 0 Å². The van der Waals surface area contributed by atoms with Crippen LogP contribution in [0, 0.1) is 6.92 Å². The third-order valence-corrected chi connectivity index (χ3v) is 6.51. The summed E-state index contributed by atoms with van der Waals surface area (Å²) in [5.74, 6) is 1.67. The van der Waals surface area contributed by atoms with Crippen molar-refractivity contribution in [3.63, 3.8) is 0 Å². The predicted octanol–water partition coefficient (Wildman–Crippen LogP) is 4.51. The van der Waals surface area contributed by atoms with Gasteiger partial charge in [0, 0.05) is 49.1 Å². The molecule has 0 radical (unpaired) electrons. The van der Waals surface area contributed by atoms with Crippen LogP contribution in [-0.4, -0.2) is 62.5 Å². The maximum Gasteiger partial charge on any atom is 0.150 e. The van der Waals surface area contributed by atoms with Gasteiger partial charge in [0.05, 0.1) is 0 Å². The standard InChI is InChI=1S/C26H32N2O3/c1-19-22-7-5-6-8-24(22)31-25(19)26(2,3)23-17-21(10-9-20(23)18-29)30-16-15-28-13-11-27(4)12-14-28/h5-10,17-18H,11-16H2,1-4H3. The molecule has 5 heteroatoms. The van der Waals surface area contributed by atoms with E-state index in [2.05, 4.69) is 43.7 Å². The lowest BCUT2D eigenvalue weighted by Crippen LogP contribution is -2.45. The third kappa shape index (κ3) is 4.39. The summed E-state index contributed by atoms with van der Waals surface area (Å²) in [6.45, 7) is 12.2. The molecule has 0 unspecified atom stereocenters. The van der Waals surface area contributed by atoms with E-state index in [1.807, 2.05) is 36.4 Å². The van der Waals surface area contributed by atoms with E-state index in [4.69, 9.17) is 9.15 Å². The van der Waals surface area contributed by atoms with Crippen molar-refractivity contribution in [1.82, 2.24) is 9.80 Å². The summed E-state index contributed by atoms with van der Waals surface area (Å²) < 4.78 is 12.4. The number of furan rings is 1.